The monoisotopic (exact) mass is 261 g/mol. The number of rotatable bonds is 4. The third-order valence-corrected chi connectivity index (χ3v) is 3.42. The summed E-state index contributed by atoms with van der Waals surface area (Å²) in [6, 6.07) is 9.61. The van der Waals surface area contributed by atoms with E-state index >= 15 is 0 Å². The molecule has 0 atom stereocenters. The summed E-state index contributed by atoms with van der Waals surface area (Å²) in [7, 11) is 1.60. The van der Waals surface area contributed by atoms with Crippen molar-refractivity contribution in [3.05, 3.63) is 46.2 Å². The van der Waals surface area contributed by atoms with E-state index in [2.05, 4.69) is 5.32 Å². The van der Waals surface area contributed by atoms with Gasteiger partial charge in [0.2, 0.25) is 5.91 Å². The first kappa shape index (κ1) is 12.6. The molecule has 0 saturated heterocycles. The number of anilines is 1. The molecule has 0 fully saturated rings. The Balaban J connectivity index is 2.07. The predicted octanol–water partition coefficient (Wildman–Crippen LogP) is 3.25. The van der Waals surface area contributed by atoms with E-state index in [0.717, 1.165) is 10.4 Å². The summed E-state index contributed by atoms with van der Waals surface area (Å²) in [6.45, 7) is 1.99. The number of hydrogen-bond donors (Lipinski definition) is 1. The minimum atomic E-state index is -0.0281. The molecule has 1 heterocycles. The van der Waals surface area contributed by atoms with Gasteiger partial charge in [-0.25, -0.2) is 0 Å². The van der Waals surface area contributed by atoms with Gasteiger partial charge in [0.15, 0.2) is 0 Å². The third-order valence-electron chi connectivity index (χ3n) is 2.55. The number of benzene rings is 1. The van der Waals surface area contributed by atoms with E-state index in [1.165, 1.54) is 0 Å². The number of thiophene rings is 1. The Bertz CT molecular complexity index is 535. The molecule has 0 aliphatic rings. The number of aryl methyl sites for hydroxylation is 1. The smallest absolute Gasteiger partial charge is 0.229 e. The molecule has 0 unspecified atom stereocenters. The van der Waals surface area contributed by atoms with Gasteiger partial charge in [-0.3, -0.25) is 4.79 Å². The maximum atomic E-state index is 11.9. The molecule has 0 radical (unpaired) electrons. The number of amides is 1. The Morgan fingerprint density at radius 1 is 1.39 bits per heavy atom. The highest BCUT2D eigenvalue weighted by atomic mass is 32.1. The fourth-order valence-electron chi connectivity index (χ4n) is 1.67. The standard InChI is InChI=1S/C14H15NO2S/c1-10-5-6-12(13(8-10)17-2)15-14(16)9-11-4-3-7-18-11/h3-8H,9H2,1-2H3,(H,15,16). The van der Waals surface area contributed by atoms with E-state index in [-0.39, 0.29) is 5.91 Å². The topological polar surface area (TPSA) is 38.3 Å². The molecule has 1 aromatic heterocycles. The number of carbonyl (C=O) groups is 1. The average molecular weight is 261 g/mol. The van der Waals surface area contributed by atoms with Crippen LogP contribution in [0.15, 0.2) is 35.7 Å². The quantitative estimate of drug-likeness (QED) is 0.917. The molecule has 1 N–H and O–H groups in total. The zero-order chi connectivity index (χ0) is 13.0. The van der Waals surface area contributed by atoms with Gasteiger partial charge in [0.1, 0.15) is 5.75 Å². The molecular formula is C14H15NO2S. The van der Waals surface area contributed by atoms with E-state index in [9.17, 15) is 4.79 Å². The zero-order valence-electron chi connectivity index (χ0n) is 10.4. The number of nitrogens with one attached hydrogen (secondary N) is 1. The third kappa shape index (κ3) is 3.11. The lowest BCUT2D eigenvalue weighted by Gasteiger charge is -2.10. The van der Waals surface area contributed by atoms with Crippen LogP contribution in [-0.2, 0) is 11.2 Å². The fraction of sp³-hybridized carbons (Fsp3) is 0.214. The van der Waals surface area contributed by atoms with Crippen molar-refractivity contribution >= 4 is 22.9 Å². The van der Waals surface area contributed by atoms with Crippen molar-refractivity contribution < 1.29 is 9.53 Å². The second-order valence-electron chi connectivity index (χ2n) is 4.01. The van der Waals surface area contributed by atoms with Crippen LogP contribution in [0.3, 0.4) is 0 Å². The van der Waals surface area contributed by atoms with Crippen molar-refractivity contribution in [2.75, 3.05) is 12.4 Å². The predicted molar refractivity (Wildman–Crippen MR) is 74.4 cm³/mol. The number of methoxy groups -OCH3 is 1. The molecule has 2 rings (SSSR count). The second kappa shape index (κ2) is 5.69. The van der Waals surface area contributed by atoms with Crippen LogP contribution in [0.2, 0.25) is 0 Å². The van der Waals surface area contributed by atoms with Crippen LogP contribution in [0.25, 0.3) is 0 Å². The van der Waals surface area contributed by atoms with Crippen LogP contribution in [-0.4, -0.2) is 13.0 Å². The van der Waals surface area contributed by atoms with E-state index in [0.29, 0.717) is 17.9 Å². The lowest BCUT2D eigenvalue weighted by atomic mass is 10.2. The van der Waals surface area contributed by atoms with Crippen molar-refractivity contribution in [2.24, 2.45) is 0 Å². The minimum Gasteiger partial charge on any atom is -0.495 e. The largest absolute Gasteiger partial charge is 0.495 e. The lowest BCUT2D eigenvalue weighted by molar-refractivity contribution is -0.115. The molecule has 18 heavy (non-hydrogen) atoms. The fourth-order valence-corrected chi connectivity index (χ4v) is 2.37. The summed E-state index contributed by atoms with van der Waals surface area (Å²) in [6.07, 6.45) is 0.398. The van der Waals surface area contributed by atoms with E-state index in [1.807, 2.05) is 42.6 Å². The molecule has 0 spiro atoms. The van der Waals surface area contributed by atoms with E-state index in [4.69, 9.17) is 4.74 Å². The van der Waals surface area contributed by atoms with Gasteiger partial charge in [0.05, 0.1) is 19.2 Å². The molecule has 2 aromatic rings. The summed E-state index contributed by atoms with van der Waals surface area (Å²) < 4.78 is 5.25. The van der Waals surface area contributed by atoms with Crippen molar-refractivity contribution in [3.63, 3.8) is 0 Å². The Morgan fingerprint density at radius 3 is 2.89 bits per heavy atom. The molecule has 0 aliphatic carbocycles. The summed E-state index contributed by atoms with van der Waals surface area (Å²) in [5.41, 5.74) is 1.81. The van der Waals surface area contributed by atoms with Crippen LogP contribution >= 0.6 is 11.3 Å². The highest BCUT2D eigenvalue weighted by molar-refractivity contribution is 7.10. The zero-order valence-corrected chi connectivity index (χ0v) is 11.2. The van der Waals surface area contributed by atoms with Gasteiger partial charge < -0.3 is 10.1 Å². The highest BCUT2D eigenvalue weighted by Gasteiger charge is 2.08. The van der Waals surface area contributed by atoms with Crippen molar-refractivity contribution in [2.45, 2.75) is 13.3 Å². The molecule has 94 valence electrons. The maximum absolute atomic E-state index is 11.9. The van der Waals surface area contributed by atoms with Crippen LogP contribution in [0.5, 0.6) is 5.75 Å². The summed E-state index contributed by atoms with van der Waals surface area (Å²) >= 11 is 1.58. The SMILES string of the molecule is COc1cc(C)ccc1NC(=O)Cc1cccs1. The van der Waals surface area contributed by atoms with Crippen LogP contribution in [0, 0.1) is 6.92 Å². The van der Waals surface area contributed by atoms with Crippen LogP contribution in [0.1, 0.15) is 10.4 Å². The molecule has 0 saturated carbocycles. The molecule has 1 aromatic carbocycles. The number of carbonyl (C=O) groups excluding carboxylic acids is 1. The Hall–Kier alpha value is -1.81. The van der Waals surface area contributed by atoms with Gasteiger partial charge >= 0.3 is 0 Å². The second-order valence-corrected chi connectivity index (χ2v) is 5.04. The molecule has 0 bridgehead atoms. The van der Waals surface area contributed by atoms with Crippen molar-refractivity contribution in [1.29, 1.82) is 0 Å². The van der Waals surface area contributed by atoms with Crippen LogP contribution in [0.4, 0.5) is 5.69 Å². The lowest BCUT2D eigenvalue weighted by Crippen LogP contribution is -2.14. The van der Waals surface area contributed by atoms with Gasteiger partial charge in [-0.05, 0) is 36.1 Å². The van der Waals surface area contributed by atoms with E-state index < -0.39 is 0 Å². The van der Waals surface area contributed by atoms with Gasteiger partial charge in [-0.15, -0.1) is 11.3 Å². The molecule has 3 nitrogen and oxygen atoms in total. The molecule has 1 amide bonds. The molecular weight excluding hydrogens is 246 g/mol. The summed E-state index contributed by atoms with van der Waals surface area (Å²) in [4.78, 5) is 12.9. The van der Waals surface area contributed by atoms with Crippen LogP contribution < -0.4 is 10.1 Å². The van der Waals surface area contributed by atoms with Gasteiger partial charge in [-0.1, -0.05) is 12.1 Å². The normalized spacial score (nSPS) is 10.1. The van der Waals surface area contributed by atoms with Gasteiger partial charge in [0, 0.05) is 4.88 Å². The van der Waals surface area contributed by atoms with Crippen molar-refractivity contribution in [3.8, 4) is 5.75 Å². The first-order valence-electron chi connectivity index (χ1n) is 5.66. The van der Waals surface area contributed by atoms with Gasteiger partial charge in [-0.2, -0.15) is 0 Å². The minimum absolute atomic E-state index is 0.0281. The molecule has 0 aliphatic heterocycles. The van der Waals surface area contributed by atoms with E-state index in [1.54, 1.807) is 18.4 Å². The Kier molecular flexibility index (Phi) is 3.99. The first-order valence-corrected chi connectivity index (χ1v) is 6.54. The summed E-state index contributed by atoms with van der Waals surface area (Å²) in [5.74, 6) is 0.661. The Labute approximate surface area is 110 Å². The number of hydrogen-bond acceptors (Lipinski definition) is 3. The summed E-state index contributed by atoms with van der Waals surface area (Å²) in [5, 5.41) is 4.84. The average Bonchev–Trinajstić information content (AvgIpc) is 2.84. The first-order chi connectivity index (χ1) is 8.69. The van der Waals surface area contributed by atoms with Gasteiger partial charge in [0.25, 0.3) is 0 Å². The van der Waals surface area contributed by atoms with Crippen molar-refractivity contribution in [1.82, 2.24) is 0 Å². The molecule has 4 heteroatoms. The number of ether oxygens (including phenoxy) is 1. The maximum Gasteiger partial charge on any atom is 0.229 e. The highest BCUT2D eigenvalue weighted by Crippen LogP contribution is 2.25. The Morgan fingerprint density at radius 2 is 2.22 bits per heavy atom.